The molecular formula is C21H46ClNO2. The van der Waals surface area contributed by atoms with Gasteiger partial charge in [-0.2, -0.15) is 0 Å². The molecule has 0 saturated carbocycles. The van der Waals surface area contributed by atoms with E-state index in [1.165, 1.54) is 83.5 Å². The fourth-order valence-electron chi connectivity index (χ4n) is 3.41. The number of aliphatic hydroxyl groups is 2. The summed E-state index contributed by atoms with van der Waals surface area (Å²) >= 11 is 6.47. The SMILES string of the molecule is CCCCCCCCCCCCCCCCC(Cl)(CCO)CCO.N. The maximum Gasteiger partial charge on any atom is 0.0490 e. The first-order valence-corrected chi connectivity index (χ1v) is 11.0. The number of hydrogen-bond donors (Lipinski definition) is 3. The molecule has 0 bridgehead atoms. The Labute approximate surface area is 162 Å². The lowest BCUT2D eigenvalue weighted by molar-refractivity contribution is 0.220. The van der Waals surface area contributed by atoms with Gasteiger partial charge in [-0.3, -0.25) is 0 Å². The molecule has 154 valence electrons. The molecule has 5 N–H and O–H groups in total. The lowest BCUT2D eigenvalue weighted by atomic mass is 9.93. The molecule has 0 aliphatic carbocycles. The van der Waals surface area contributed by atoms with Crippen LogP contribution >= 0.6 is 11.6 Å². The first-order chi connectivity index (χ1) is 11.7. The number of rotatable bonds is 19. The number of unbranched alkanes of at least 4 members (excludes halogenated alkanes) is 13. The van der Waals surface area contributed by atoms with Gasteiger partial charge < -0.3 is 16.4 Å². The largest absolute Gasteiger partial charge is 0.396 e. The highest BCUT2D eigenvalue weighted by molar-refractivity contribution is 6.23. The van der Waals surface area contributed by atoms with Crippen LogP contribution in [0.15, 0.2) is 0 Å². The molecule has 0 amide bonds. The lowest BCUT2D eigenvalue weighted by Gasteiger charge is -2.25. The molecule has 25 heavy (non-hydrogen) atoms. The van der Waals surface area contributed by atoms with Gasteiger partial charge in [-0.25, -0.2) is 0 Å². The van der Waals surface area contributed by atoms with Crippen molar-refractivity contribution in [2.24, 2.45) is 0 Å². The standard InChI is InChI=1S/C21H43ClO2.H3N/c1-2-3-4-5-6-7-8-9-10-11-12-13-14-15-16-21(22,17-19-23)18-20-24;/h23-24H,2-20H2,1H3;1H3. The van der Waals surface area contributed by atoms with Crippen LogP contribution in [0.2, 0.25) is 0 Å². The van der Waals surface area contributed by atoms with Gasteiger partial charge in [-0.1, -0.05) is 96.8 Å². The molecule has 4 heteroatoms. The van der Waals surface area contributed by atoms with Crippen molar-refractivity contribution in [2.75, 3.05) is 13.2 Å². The quantitative estimate of drug-likeness (QED) is 0.171. The monoisotopic (exact) mass is 379 g/mol. The molecule has 0 fully saturated rings. The average molecular weight is 380 g/mol. The van der Waals surface area contributed by atoms with Crippen molar-refractivity contribution in [3.8, 4) is 0 Å². The van der Waals surface area contributed by atoms with Gasteiger partial charge in [-0.05, 0) is 19.3 Å². The van der Waals surface area contributed by atoms with E-state index in [0.29, 0.717) is 12.8 Å². The van der Waals surface area contributed by atoms with E-state index in [-0.39, 0.29) is 24.2 Å². The minimum Gasteiger partial charge on any atom is -0.396 e. The van der Waals surface area contributed by atoms with Crippen molar-refractivity contribution in [1.29, 1.82) is 0 Å². The summed E-state index contributed by atoms with van der Waals surface area (Å²) in [7, 11) is 0. The second-order valence-electron chi connectivity index (χ2n) is 7.44. The summed E-state index contributed by atoms with van der Waals surface area (Å²) in [4.78, 5) is -0.388. The Morgan fingerprint density at radius 3 is 1.20 bits per heavy atom. The van der Waals surface area contributed by atoms with Crippen LogP contribution in [-0.4, -0.2) is 28.3 Å². The van der Waals surface area contributed by atoms with Crippen molar-refractivity contribution in [1.82, 2.24) is 6.15 Å². The first-order valence-electron chi connectivity index (χ1n) is 10.6. The highest BCUT2D eigenvalue weighted by Crippen LogP contribution is 2.30. The van der Waals surface area contributed by atoms with E-state index in [0.717, 1.165) is 12.8 Å². The van der Waals surface area contributed by atoms with Crippen molar-refractivity contribution in [2.45, 2.75) is 121 Å². The summed E-state index contributed by atoms with van der Waals surface area (Å²) in [6.45, 7) is 2.50. The van der Waals surface area contributed by atoms with Gasteiger partial charge in [0.1, 0.15) is 0 Å². The molecule has 0 aromatic heterocycles. The second-order valence-corrected chi connectivity index (χ2v) is 8.25. The van der Waals surface area contributed by atoms with Gasteiger partial charge in [0.05, 0.1) is 0 Å². The molecule has 0 heterocycles. The summed E-state index contributed by atoms with van der Waals surface area (Å²) in [5.74, 6) is 0. The van der Waals surface area contributed by atoms with Gasteiger partial charge in [0.25, 0.3) is 0 Å². The molecule has 0 atom stereocenters. The third kappa shape index (κ3) is 18.8. The van der Waals surface area contributed by atoms with E-state index in [1.807, 2.05) is 0 Å². The van der Waals surface area contributed by atoms with Crippen molar-refractivity contribution in [3.63, 3.8) is 0 Å². The van der Waals surface area contributed by atoms with Crippen molar-refractivity contribution < 1.29 is 10.2 Å². The third-order valence-electron chi connectivity index (χ3n) is 5.10. The Bertz CT molecular complexity index is 246. The molecule has 0 aromatic carbocycles. The van der Waals surface area contributed by atoms with Crippen molar-refractivity contribution in [3.05, 3.63) is 0 Å². The minimum atomic E-state index is -0.388. The summed E-state index contributed by atoms with van der Waals surface area (Å²) < 4.78 is 0. The van der Waals surface area contributed by atoms with E-state index in [9.17, 15) is 0 Å². The Hall–Kier alpha value is 0.170. The Morgan fingerprint density at radius 1 is 0.560 bits per heavy atom. The van der Waals surface area contributed by atoms with Gasteiger partial charge in [0.15, 0.2) is 0 Å². The molecule has 0 rings (SSSR count). The molecule has 0 aliphatic rings. The molecule has 0 aromatic rings. The van der Waals surface area contributed by atoms with E-state index >= 15 is 0 Å². The van der Waals surface area contributed by atoms with E-state index in [4.69, 9.17) is 21.8 Å². The second kappa shape index (κ2) is 20.5. The van der Waals surface area contributed by atoms with Crippen LogP contribution in [0.25, 0.3) is 0 Å². The van der Waals surface area contributed by atoms with Gasteiger partial charge >= 0.3 is 0 Å². The fraction of sp³-hybridized carbons (Fsp3) is 1.00. The van der Waals surface area contributed by atoms with Crippen LogP contribution < -0.4 is 6.15 Å². The fourth-order valence-corrected chi connectivity index (χ4v) is 3.71. The number of hydrogen-bond acceptors (Lipinski definition) is 3. The first kappa shape index (κ1) is 27.4. The normalized spacial score (nSPS) is 11.5. The smallest absolute Gasteiger partial charge is 0.0490 e. The van der Waals surface area contributed by atoms with E-state index in [2.05, 4.69) is 6.92 Å². The predicted octanol–water partition coefficient (Wildman–Crippen LogP) is 6.76. The van der Waals surface area contributed by atoms with Gasteiger partial charge in [0.2, 0.25) is 0 Å². The third-order valence-corrected chi connectivity index (χ3v) is 5.67. The van der Waals surface area contributed by atoms with Crippen LogP contribution in [0.3, 0.4) is 0 Å². The molecule has 0 saturated heterocycles. The molecule has 0 spiro atoms. The van der Waals surface area contributed by atoms with Gasteiger partial charge in [0, 0.05) is 18.1 Å². The topological polar surface area (TPSA) is 75.5 Å². The number of alkyl halides is 1. The molecular weight excluding hydrogens is 334 g/mol. The van der Waals surface area contributed by atoms with E-state index < -0.39 is 0 Å². The molecule has 0 radical (unpaired) electrons. The van der Waals surface area contributed by atoms with Crippen LogP contribution in [0.1, 0.15) is 116 Å². The summed E-state index contributed by atoms with van der Waals surface area (Å²) in [5.41, 5.74) is 0. The van der Waals surface area contributed by atoms with Crippen LogP contribution in [0.5, 0.6) is 0 Å². The predicted molar refractivity (Wildman–Crippen MR) is 112 cm³/mol. The lowest BCUT2D eigenvalue weighted by Crippen LogP contribution is -2.24. The average Bonchev–Trinajstić information content (AvgIpc) is 2.55. The van der Waals surface area contributed by atoms with Gasteiger partial charge in [-0.15, -0.1) is 11.6 Å². The number of aliphatic hydroxyl groups excluding tert-OH is 2. The summed E-state index contributed by atoms with van der Waals surface area (Å²) in [6.07, 6.45) is 21.1. The van der Waals surface area contributed by atoms with Crippen LogP contribution in [0, 0.1) is 0 Å². The summed E-state index contributed by atoms with van der Waals surface area (Å²) in [6, 6.07) is 0. The zero-order valence-corrected chi connectivity index (χ0v) is 17.7. The van der Waals surface area contributed by atoms with Crippen LogP contribution in [-0.2, 0) is 0 Å². The Balaban J connectivity index is 0. The summed E-state index contributed by atoms with van der Waals surface area (Å²) in [5, 5.41) is 18.2. The number of halogens is 1. The minimum absolute atomic E-state index is 0. The zero-order valence-electron chi connectivity index (χ0n) is 16.9. The van der Waals surface area contributed by atoms with Crippen LogP contribution in [0.4, 0.5) is 0 Å². The highest BCUT2D eigenvalue weighted by atomic mass is 35.5. The molecule has 0 aliphatic heterocycles. The maximum absolute atomic E-state index is 9.08. The van der Waals surface area contributed by atoms with E-state index in [1.54, 1.807) is 0 Å². The maximum atomic E-state index is 9.08. The highest BCUT2D eigenvalue weighted by Gasteiger charge is 2.25. The van der Waals surface area contributed by atoms with Crippen molar-refractivity contribution >= 4 is 11.6 Å². The Kier molecular flexibility index (Phi) is 22.4. The molecule has 3 nitrogen and oxygen atoms in total. The molecule has 0 unspecified atom stereocenters. The zero-order chi connectivity index (χ0) is 17.9. The Morgan fingerprint density at radius 2 is 0.880 bits per heavy atom.